The van der Waals surface area contributed by atoms with Crippen molar-refractivity contribution in [1.82, 2.24) is 10.2 Å². The number of hydrogen-bond acceptors (Lipinski definition) is 5. The molecule has 1 saturated heterocycles. The van der Waals surface area contributed by atoms with E-state index in [1.807, 2.05) is 23.1 Å². The Morgan fingerprint density at radius 2 is 2.05 bits per heavy atom. The fraction of sp³-hybridized carbons (Fsp3) is 0.571. The summed E-state index contributed by atoms with van der Waals surface area (Å²) in [6.07, 6.45) is 0. The lowest BCUT2D eigenvalue weighted by atomic mass is 10.1. The van der Waals surface area contributed by atoms with Crippen LogP contribution in [0.5, 0.6) is 0 Å². The van der Waals surface area contributed by atoms with Crippen LogP contribution in [-0.4, -0.2) is 36.2 Å². The van der Waals surface area contributed by atoms with Crippen molar-refractivity contribution in [3.8, 4) is 0 Å². The number of aryl methyl sites for hydroxylation is 1. The second kappa shape index (κ2) is 5.13. The van der Waals surface area contributed by atoms with Gasteiger partial charge < -0.3 is 10.1 Å². The first-order chi connectivity index (χ1) is 9.10. The molecule has 2 aliphatic rings. The van der Waals surface area contributed by atoms with Crippen molar-refractivity contribution in [1.29, 1.82) is 0 Å². The largest absolute Gasteiger partial charge is 0.379 e. The summed E-state index contributed by atoms with van der Waals surface area (Å²) in [6, 6.07) is 0. The number of nitrogens with one attached hydrogen (secondary N) is 1. The molecular formula is C14H20N2OS2. The number of morpholine rings is 1. The Kier molecular flexibility index (Phi) is 3.64. The lowest BCUT2D eigenvalue weighted by Crippen LogP contribution is -2.55. The van der Waals surface area contributed by atoms with Crippen LogP contribution in [-0.2, 0) is 4.74 Å². The Labute approximate surface area is 123 Å². The fourth-order valence-corrected chi connectivity index (χ4v) is 4.46. The summed E-state index contributed by atoms with van der Waals surface area (Å²) in [7, 11) is 0. The molecule has 0 radical (unpaired) electrons. The molecule has 0 aromatic carbocycles. The van der Waals surface area contributed by atoms with Crippen molar-refractivity contribution in [2.24, 2.45) is 0 Å². The summed E-state index contributed by atoms with van der Waals surface area (Å²) in [5, 5.41) is 8.24. The number of hydrogen-bond donors (Lipinski definition) is 1. The van der Waals surface area contributed by atoms with Gasteiger partial charge in [0, 0.05) is 28.9 Å². The molecule has 1 N–H and O–H groups in total. The molecule has 0 amide bonds. The predicted molar refractivity (Wildman–Crippen MR) is 83.3 cm³/mol. The fourth-order valence-electron chi connectivity index (χ4n) is 2.54. The van der Waals surface area contributed by atoms with Crippen LogP contribution in [0.4, 0.5) is 0 Å². The van der Waals surface area contributed by atoms with Crippen molar-refractivity contribution in [2.75, 3.05) is 26.3 Å². The van der Waals surface area contributed by atoms with Gasteiger partial charge in [-0.15, -0.1) is 11.3 Å². The monoisotopic (exact) mass is 296 g/mol. The van der Waals surface area contributed by atoms with Gasteiger partial charge in [-0.05, 0) is 31.7 Å². The van der Waals surface area contributed by atoms with Gasteiger partial charge in [0.15, 0.2) is 0 Å². The number of ether oxygens (including phenoxy) is 1. The van der Waals surface area contributed by atoms with Crippen LogP contribution in [0.1, 0.15) is 22.9 Å². The smallest absolute Gasteiger partial charge is 0.140 e. The Morgan fingerprint density at radius 3 is 2.68 bits per heavy atom. The summed E-state index contributed by atoms with van der Waals surface area (Å²) in [4.78, 5) is 3.85. The van der Waals surface area contributed by atoms with E-state index in [9.17, 15) is 0 Å². The maximum absolute atomic E-state index is 5.44. The van der Waals surface area contributed by atoms with E-state index in [0.717, 1.165) is 26.3 Å². The molecule has 3 heterocycles. The van der Waals surface area contributed by atoms with E-state index in [2.05, 4.69) is 41.8 Å². The van der Waals surface area contributed by atoms with E-state index in [0.29, 0.717) is 0 Å². The summed E-state index contributed by atoms with van der Waals surface area (Å²) in [6.45, 7) is 10.3. The van der Waals surface area contributed by atoms with Crippen LogP contribution >= 0.6 is 23.1 Å². The van der Waals surface area contributed by atoms with E-state index in [-0.39, 0.29) is 4.99 Å². The molecule has 5 heteroatoms. The first-order valence-corrected chi connectivity index (χ1v) is 8.40. The highest BCUT2D eigenvalue weighted by Gasteiger charge is 2.37. The minimum Gasteiger partial charge on any atom is -0.379 e. The topological polar surface area (TPSA) is 24.5 Å². The molecule has 0 bridgehead atoms. The van der Waals surface area contributed by atoms with E-state index in [4.69, 9.17) is 4.74 Å². The van der Waals surface area contributed by atoms with Gasteiger partial charge in [-0.25, -0.2) is 0 Å². The van der Waals surface area contributed by atoms with Crippen molar-refractivity contribution in [3.05, 3.63) is 26.8 Å². The number of rotatable bonds is 2. The number of thiophene rings is 1. The first kappa shape index (κ1) is 13.5. The van der Waals surface area contributed by atoms with Crippen LogP contribution in [0, 0.1) is 13.8 Å². The van der Waals surface area contributed by atoms with E-state index >= 15 is 0 Å². The van der Waals surface area contributed by atoms with Crippen molar-refractivity contribution >= 4 is 28.8 Å². The standard InChI is InChI=1S/C14H20N2OS2/c1-10-11(2)18-8-12(10)13-9-19-14(3,15-13)16-4-6-17-7-5-16/h8-9,15H,4-7H2,1-3H3. The Hall–Kier alpha value is -0.490. The molecule has 1 fully saturated rings. The molecule has 1 atom stereocenters. The third kappa shape index (κ3) is 2.44. The average molecular weight is 296 g/mol. The quantitative estimate of drug-likeness (QED) is 0.907. The number of thioether (sulfide) groups is 1. The molecule has 3 rings (SSSR count). The highest BCUT2D eigenvalue weighted by molar-refractivity contribution is 8.03. The van der Waals surface area contributed by atoms with Gasteiger partial charge in [0.25, 0.3) is 0 Å². The molecule has 0 aliphatic carbocycles. The van der Waals surface area contributed by atoms with E-state index in [1.54, 1.807) is 0 Å². The molecule has 3 nitrogen and oxygen atoms in total. The molecule has 1 unspecified atom stereocenters. The maximum Gasteiger partial charge on any atom is 0.140 e. The molecule has 1 aromatic rings. The first-order valence-electron chi connectivity index (χ1n) is 6.64. The van der Waals surface area contributed by atoms with Gasteiger partial charge >= 0.3 is 0 Å². The van der Waals surface area contributed by atoms with Crippen LogP contribution in [0.2, 0.25) is 0 Å². The SMILES string of the molecule is Cc1scc(C2=CSC(C)(N3CCOCC3)N2)c1C. The number of nitrogens with zero attached hydrogens (tertiary/aromatic N) is 1. The third-order valence-electron chi connectivity index (χ3n) is 3.96. The second-order valence-electron chi connectivity index (χ2n) is 5.19. The Balaban J connectivity index is 1.76. The zero-order chi connectivity index (χ0) is 13.5. The summed E-state index contributed by atoms with van der Waals surface area (Å²) in [5.41, 5.74) is 4.02. The summed E-state index contributed by atoms with van der Waals surface area (Å²) in [5.74, 6) is 0. The average Bonchev–Trinajstić information content (AvgIpc) is 2.97. The minimum atomic E-state index is -0.0264. The van der Waals surface area contributed by atoms with E-state index in [1.165, 1.54) is 21.7 Å². The van der Waals surface area contributed by atoms with Crippen LogP contribution < -0.4 is 5.32 Å². The van der Waals surface area contributed by atoms with Gasteiger partial charge in [0.2, 0.25) is 0 Å². The van der Waals surface area contributed by atoms with Crippen molar-refractivity contribution in [2.45, 2.75) is 25.8 Å². The summed E-state index contributed by atoms with van der Waals surface area (Å²) >= 11 is 3.70. The van der Waals surface area contributed by atoms with Gasteiger partial charge in [0.1, 0.15) is 4.99 Å². The van der Waals surface area contributed by atoms with Gasteiger partial charge in [0.05, 0.1) is 18.9 Å². The van der Waals surface area contributed by atoms with Gasteiger partial charge in [-0.2, -0.15) is 0 Å². The molecule has 0 spiro atoms. The maximum atomic E-state index is 5.44. The van der Waals surface area contributed by atoms with Crippen molar-refractivity contribution in [3.63, 3.8) is 0 Å². The van der Waals surface area contributed by atoms with Crippen LogP contribution in [0.3, 0.4) is 0 Å². The molecule has 19 heavy (non-hydrogen) atoms. The molecule has 0 saturated carbocycles. The highest BCUT2D eigenvalue weighted by atomic mass is 32.2. The summed E-state index contributed by atoms with van der Waals surface area (Å²) < 4.78 is 5.44. The molecule has 1 aromatic heterocycles. The Bertz CT molecular complexity index is 506. The van der Waals surface area contributed by atoms with Crippen molar-refractivity contribution < 1.29 is 4.74 Å². The predicted octanol–water partition coefficient (Wildman–Crippen LogP) is 3.01. The Morgan fingerprint density at radius 1 is 1.32 bits per heavy atom. The van der Waals surface area contributed by atoms with Crippen LogP contribution in [0.15, 0.2) is 10.8 Å². The zero-order valence-electron chi connectivity index (χ0n) is 11.7. The van der Waals surface area contributed by atoms with E-state index < -0.39 is 0 Å². The molecule has 104 valence electrons. The minimum absolute atomic E-state index is 0.0264. The highest BCUT2D eigenvalue weighted by Crippen LogP contribution is 2.40. The van der Waals surface area contributed by atoms with Gasteiger partial charge in [-0.1, -0.05) is 11.8 Å². The third-order valence-corrected chi connectivity index (χ3v) is 6.15. The molecular weight excluding hydrogens is 276 g/mol. The lowest BCUT2D eigenvalue weighted by Gasteiger charge is -2.40. The normalized spacial score (nSPS) is 28.3. The lowest BCUT2D eigenvalue weighted by molar-refractivity contribution is 0.00813. The van der Waals surface area contributed by atoms with Gasteiger partial charge in [-0.3, -0.25) is 4.90 Å². The van der Waals surface area contributed by atoms with Crippen LogP contribution in [0.25, 0.3) is 5.70 Å². The zero-order valence-corrected chi connectivity index (χ0v) is 13.3. The second-order valence-corrected chi connectivity index (χ2v) is 7.54. The molecule has 2 aliphatic heterocycles.